The van der Waals surface area contributed by atoms with Gasteiger partial charge in [-0.05, 0) is 82.3 Å². The van der Waals surface area contributed by atoms with Crippen molar-refractivity contribution < 1.29 is 19.1 Å². The average molecular weight is 478 g/mol. The van der Waals surface area contributed by atoms with Crippen molar-refractivity contribution in [1.82, 2.24) is 5.06 Å². The fourth-order valence-corrected chi connectivity index (χ4v) is 7.65. The molecule has 1 heterocycles. The normalized spacial score (nSPS) is 18.5. The lowest BCUT2D eigenvalue weighted by molar-refractivity contribution is -0.218. The van der Waals surface area contributed by atoms with Crippen molar-refractivity contribution in [2.45, 2.75) is 57.5 Å². The van der Waals surface area contributed by atoms with Gasteiger partial charge >= 0.3 is 5.97 Å². The Balaban J connectivity index is 1.74. The monoisotopic (exact) mass is 477 g/mol. The molecule has 6 heteroatoms. The van der Waals surface area contributed by atoms with Gasteiger partial charge in [-0.3, -0.25) is 4.57 Å². The zero-order valence-corrected chi connectivity index (χ0v) is 21.0. The highest BCUT2D eigenvalue weighted by Gasteiger charge is 2.50. The van der Waals surface area contributed by atoms with Gasteiger partial charge in [0.2, 0.25) is 0 Å². The molecule has 1 N–H and O–H groups in total. The lowest BCUT2D eigenvalue weighted by atomic mass is 9.72. The van der Waals surface area contributed by atoms with Gasteiger partial charge in [0.05, 0.1) is 5.56 Å². The standard InChI is InChI=1S/C28H32NO4P/c1-27(2)19-21(24-17-11-12-18-25(24)26(30)31)20-28(3,4)29(27)33-34(32,22-13-7-5-8-14-22)23-15-9-6-10-16-23/h5-18,21H,19-20H2,1-4H3,(H,30,31). The SMILES string of the molecule is CC1(C)CC(c2ccccc2C(=O)O)CC(C)(C)N1OP(=O)(c1ccccc1)c1ccccc1. The van der Waals surface area contributed by atoms with E-state index in [1.54, 1.807) is 12.1 Å². The molecule has 0 saturated carbocycles. The van der Waals surface area contributed by atoms with Gasteiger partial charge in [0.1, 0.15) is 0 Å². The quantitative estimate of drug-likeness (QED) is 0.442. The Morgan fingerprint density at radius 1 is 0.824 bits per heavy atom. The number of hydrogen-bond acceptors (Lipinski definition) is 4. The van der Waals surface area contributed by atoms with Gasteiger partial charge in [0.15, 0.2) is 0 Å². The lowest BCUT2D eigenvalue weighted by Crippen LogP contribution is -2.60. The lowest BCUT2D eigenvalue weighted by Gasteiger charge is -2.54. The molecule has 0 atom stereocenters. The smallest absolute Gasteiger partial charge is 0.335 e. The van der Waals surface area contributed by atoms with Crippen molar-refractivity contribution in [3.63, 3.8) is 0 Å². The highest BCUT2D eigenvalue weighted by molar-refractivity contribution is 7.74. The number of carbonyl (C=O) groups is 1. The minimum Gasteiger partial charge on any atom is -0.478 e. The van der Waals surface area contributed by atoms with Crippen LogP contribution in [0, 0.1) is 0 Å². The van der Waals surface area contributed by atoms with Gasteiger partial charge in [-0.2, -0.15) is 5.06 Å². The number of hydroxylamine groups is 2. The summed E-state index contributed by atoms with van der Waals surface area (Å²) in [6.07, 6.45) is 1.34. The molecular formula is C28H32NO4P. The van der Waals surface area contributed by atoms with Crippen molar-refractivity contribution in [3.8, 4) is 0 Å². The van der Waals surface area contributed by atoms with E-state index in [9.17, 15) is 14.5 Å². The van der Waals surface area contributed by atoms with E-state index in [4.69, 9.17) is 4.62 Å². The fourth-order valence-electron chi connectivity index (χ4n) is 5.36. The molecule has 4 rings (SSSR count). The first-order valence-corrected chi connectivity index (χ1v) is 13.2. The van der Waals surface area contributed by atoms with Crippen LogP contribution in [0.4, 0.5) is 0 Å². The molecule has 178 valence electrons. The van der Waals surface area contributed by atoms with E-state index in [1.807, 2.05) is 77.9 Å². The predicted molar refractivity (Wildman–Crippen MR) is 136 cm³/mol. The second kappa shape index (κ2) is 9.14. The number of piperidine rings is 1. The van der Waals surface area contributed by atoms with Crippen molar-refractivity contribution >= 4 is 23.9 Å². The zero-order chi connectivity index (χ0) is 24.6. The summed E-state index contributed by atoms with van der Waals surface area (Å²) in [5.41, 5.74) is 0.173. The predicted octanol–water partition coefficient (Wildman–Crippen LogP) is 5.98. The first kappa shape index (κ1) is 24.4. The summed E-state index contributed by atoms with van der Waals surface area (Å²) in [6, 6.07) is 25.9. The van der Waals surface area contributed by atoms with Crippen molar-refractivity contribution in [2.75, 3.05) is 0 Å². The third-order valence-electron chi connectivity index (χ3n) is 6.61. The van der Waals surface area contributed by atoms with Crippen LogP contribution in [0.5, 0.6) is 0 Å². The second-order valence-corrected chi connectivity index (χ2v) is 12.5. The number of benzene rings is 3. The molecule has 1 saturated heterocycles. The highest BCUT2D eigenvalue weighted by Crippen LogP contribution is 2.54. The fraction of sp³-hybridized carbons (Fsp3) is 0.321. The van der Waals surface area contributed by atoms with Crippen LogP contribution in [0.3, 0.4) is 0 Å². The molecule has 34 heavy (non-hydrogen) atoms. The van der Waals surface area contributed by atoms with E-state index in [0.717, 1.165) is 5.56 Å². The molecule has 0 aliphatic carbocycles. The van der Waals surface area contributed by atoms with Gasteiger partial charge in [-0.1, -0.05) is 54.6 Å². The van der Waals surface area contributed by atoms with Gasteiger partial charge < -0.3 is 5.11 Å². The Morgan fingerprint density at radius 2 is 1.26 bits per heavy atom. The zero-order valence-electron chi connectivity index (χ0n) is 20.1. The summed E-state index contributed by atoms with van der Waals surface area (Å²) >= 11 is 0. The van der Waals surface area contributed by atoms with Crippen LogP contribution in [0.2, 0.25) is 0 Å². The number of hydrogen-bond donors (Lipinski definition) is 1. The van der Waals surface area contributed by atoms with E-state index < -0.39 is 24.4 Å². The number of rotatable bonds is 6. The van der Waals surface area contributed by atoms with Gasteiger partial charge in [-0.15, -0.1) is 0 Å². The molecule has 3 aromatic rings. The summed E-state index contributed by atoms with van der Waals surface area (Å²) in [5.74, 6) is -0.882. The maximum atomic E-state index is 14.6. The van der Waals surface area contributed by atoms with Gasteiger partial charge in [-0.25, -0.2) is 9.42 Å². The Morgan fingerprint density at radius 3 is 1.74 bits per heavy atom. The Kier molecular flexibility index (Phi) is 6.56. The maximum absolute atomic E-state index is 14.6. The number of aromatic carboxylic acids is 1. The van der Waals surface area contributed by atoms with Crippen molar-refractivity contribution in [1.29, 1.82) is 0 Å². The molecule has 0 amide bonds. The molecule has 0 spiro atoms. The van der Waals surface area contributed by atoms with Crippen LogP contribution in [0.1, 0.15) is 62.4 Å². The van der Waals surface area contributed by atoms with Crippen LogP contribution >= 0.6 is 7.37 Å². The molecule has 5 nitrogen and oxygen atoms in total. The summed E-state index contributed by atoms with van der Waals surface area (Å²) in [7, 11) is -3.44. The van der Waals surface area contributed by atoms with Crippen LogP contribution in [-0.2, 0) is 9.19 Å². The third kappa shape index (κ3) is 4.61. The first-order valence-electron chi connectivity index (χ1n) is 11.6. The second-order valence-electron chi connectivity index (χ2n) is 10.2. The number of nitrogens with zero attached hydrogens (tertiary/aromatic N) is 1. The molecular weight excluding hydrogens is 445 g/mol. The van der Waals surface area contributed by atoms with Crippen LogP contribution in [0.15, 0.2) is 84.9 Å². The molecule has 0 aromatic heterocycles. The molecule has 0 bridgehead atoms. The molecule has 0 unspecified atom stereocenters. The molecule has 1 aliphatic rings. The first-order chi connectivity index (χ1) is 16.0. The number of carboxylic acid groups (broad SMARTS) is 1. The maximum Gasteiger partial charge on any atom is 0.335 e. The average Bonchev–Trinajstić information content (AvgIpc) is 2.82. The topological polar surface area (TPSA) is 66.8 Å². The Labute approximate surface area is 201 Å². The number of carboxylic acids is 1. The van der Waals surface area contributed by atoms with E-state index in [-0.39, 0.29) is 5.92 Å². The van der Waals surface area contributed by atoms with Gasteiger partial charge in [0.25, 0.3) is 7.37 Å². The van der Waals surface area contributed by atoms with Crippen molar-refractivity contribution in [3.05, 3.63) is 96.1 Å². The van der Waals surface area contributed by atoms with Gasteiger partial charge in [0, 0.05) is 21.7 Å². The highest BCUT2D eigenvalue weighted by atomic mass is 31.2. The molecule has 1 fully saturated rings. The van der Waals surface area contributed by atoms with E-state index >= 15 is 0 Å². The third-order valence-corrected chi connectivity index (χ3v) is 8.96. The molecule has 3 aromatic carbocycles. The Bertz CT molecular complexity index is 1150. The van der Waals surface area contributed by atoms with Crippen LogP contribution < -0.4 is 10.6 Å². The summed E-state index contributed by atoms with van der Waals surface area (Å²) in [6.45, 7) is 8.30. The van der Waals surface area contributed by atoms with Crippen LogP contribution in [0.25, 0.3) is 0 Å². The summed E-state index contributed by atoms with van der Waals surface area (Å²) < 4.78 is 21.2. The largest absolute Gasteiger partial charge is 0.478 e. The van der Waals surface area contributed by atoms with E-state index in [1.165, 1.54) is 0 Å². The van der Waals surface area contributed by atoms with Crippen LogP contribution in [-0.4, -0.2) is 27.2 Å². The van der Waals surface area contributed by atoms with E-state index in [2.05, 4.69) is 27.7 Å². The Hall–Kier alpha value is -2.72. The summed E-state index contributed by atoms with van der Waals surface area (Å²) in [4.78, 5) is 11.9. The van der Waals surface area contributed by atoms with E-state index in [0.29, 0.717) is 29.0 Å². The molecule has 1 aliphatic heterocycles. The summed E-state index contributed by atoms with van der Waals surface area (Å²) in [5, 5.41) is 12.9. The minimum atomic E-state index is -3.44. The minimum absolute atomic E-state index is 0.0324. The van der Waals surface area contributed by atoms with Crippen molar-refractivity contribution in [2.24, 2.45) is 0 Å². The molecule has 0 radical (unpaired) electrons.